The van der Waals surface area contributed by atoms with Crippen LogP contribution in [0.2, 0.25) is 0 Å². The highest BCUT2D eigenvalue weighted by Crippen LogP contribution is 2.54. The number of hydrogen-bond donors (Lipinski definition) is 0. The highest BCUT2D eigenvalue weighted by Gasteiger charge is 2.61. The van der Waals surface area contributed by atoms with Crippen molar-refractivity contribution in [1.29, 1.82) is 0 Å². The summed E-state index contributed by atoms with van der Waals surface area (Å²) in [6.45, 7) is 7.24. The summed E-state index contributed by atoms with van der Waals surface area (Å²) >= 11 is 0. The summed E-state index contributed by atoms with van der Waals surface area (Å²) in [5.74, 6) is -0.735. The number of esters is 2. The van der Waals surface area contributed by atoms with Crippen molar-refractivity contribution in [3.05, 3.63) is 36.5 Å². The number of hydrogen-bond acceptors (Lipinski definition) is 4. The van der Waals surface area contributed by atoms with E-state index in [-0.39, 0.29) is 24.1 Å². The fraction of sp³-hybridized carbons (Fsp3) is 0.556. The number of ether oxygens (including phenoxy) is 2. The molecule has 0 aromatic rings. The van der Waals surface area contributed by atoms with E-state index in [4.69, 9.17) is 9.47 Å². The van der Waals surface area contributed by atoms with E-state index in [0.717, 1.165) is 0 Å². The fourth-order valence-electron chi connectivity index (χ4n) is 3.08. The highest BCUT2D eigenvalue weighted by molar-refractivity contribution is 5.93. The van der Waals surface area contributed by atoms with E-state index in [0.29, 0.717) is 12.8 Å². The molecular weight excluding hydrogens is 280 g/mol. The quantitative estimate of drug-likeness (QED) is 0.590. The lowest BCUT2D eigenvalue weighted by Crippen LogP contribution is -2.54. The third kappa shape index (κ3) is 2.62. The molecule has 0 aliphatic heterocycles. The van der Waals surface area contributed by atoms with E-state index in [1.165, 1.54) is 0 Å². The van der Waals surface area contributed by atoms with Gasteiger partial charge in [-0.15, -0.1) is 0 Å². The summed E-state index contributed by atoms with van der Waals surface area (Å²) in [7, 11) is 0. The van der Waals surface area contributed by atoms with Gasteiger partial charge in [0.2, 0.25) is 0 Å². The van der Waals surface area contributed by atoms with E-state index in [9.17, 15) is 9.59 Å². The van der Waals surface area contributed by atoms with Crippen LogP contribution in [0.1, 0.15) is 40.5 Å². The minimum atomic E-state index is -1.02. The second-order valence-electron chi connectivity index (χ2n) is 6.45. The molecule has 2 unspecified atom stereocenters. The third-order valence-electron chi connectivity index (χ3n) is 4.13. The Morgan fingerprint density at radius 1 is 0.818 bits per heavy atom. The predicted molar refractivity (Wildman–Crippen MR) is 84.0 cm³/mol. The Morgan fingerprint density at radius 3 is 1.50 bits per heavy atom. The summed E-state index contributed by atoms with van der Waals surface area (Å²) in [4.78, 5) is 25.6. The smallest absolute Gasteiger partial charge is 0.318 e. The van der Waals surface area contributed by atoms with E-state index in [2.05, 4.69) is 0 Å². The lowest BCUT2D eigenvalue weighted by Gasteiger charge is -2.46. The van der Waals surface area contributed by atoms with Crippen LogP contribution in [0.5, 0.6) is 0 Å². The zero-order valence-corrected chi connectivity index (χ0v) is 13.7. The van der Waals surface area contributed by atoms with Crippen molar-refractivity contribution in [3.8, 4) is 0 Å². The number of rotatable bonds is 4. The van der Waals surface area contributed by atoms with Gasteiger partial charge in [0.25, 0.3) is 0 Å². The lowest BCUT2D eigenvalue weighted by atomic mass is 9.56. The van der Waals surface area contributed by atoms with Crippen LogP contribution in [0.15, 0.2) is 36.5 Å². The maximum Gasteiger partial charge on any atom is 0.318 e. The first-order chi connectivity index (χ1) is 10.3. The molecule has 0 bridgehead atoms. The SMILES string of the molecule is CC(C)OC(=O)C12C=CC=CC1(C(=O)OC(C)C)CC=CC2. The van der Waals surface area contributed by atoms with Crippen molar-refractivity contribution in [2.24, 2.45) is 10.8 Å². The molecule has 2 aliphatic rings. The van der Waals surface area contributed by atoms with Gasteiger partial charge in [0.15, 0.2) is 0 Å². The Hall–Kier alpha value is -1.84. The summed E-state index contributed by atoms with van der Waals surface area (Å²) in [6, 6.07) is 0. The first-order valence-corrected chi connectivity index (χ1v) is 7.78. The Morgan fingerprint density at radius 2 is 1.18 bits per heavy atom. The van der Waals surface area contributed by atoms with Gasteiger partial charge >= 0.3 is 11.9 Å². The molecule has 0 aromatic carbocycles. The minimum Gasteiger partial charge on any atom is -0.462 e. The molecule has 0 amide bonds. The monoisotopic (exact) mass is 304 g/mol. The standard InChI is InChI=1S/C18H24O4/c1-13(2)21-15(19)17-9-5-7-11-18(17,12-8-6-10-17)16(20)22-14(3)4/h5-9,11,13-14H,10,12H2,1-4H3. The average Bonchev–Trinajstić information content (AvgIpc) is 2.45. The molecule has 0 saturated carbocycles. The summed E-state index contributed by atoms with van der Waals surface area (Å²) in [5, 5.41) is 0. The molecule has 0 spiro atoms. The van der Waals surface area contributed by atoms with Crippen LogP contribution in [0.3, 0.4) is 0 Å². The maximum atomic E-state index is 12.8. The minimum absolute atomic E-state index is 0.231. The lowest BCUT2D eigenvalue weighted by molar-refractivity contribution is -0.177. The number of carbonyl (C=O) groups excluding carboxylic acids is 2. The largest absolute Gasteiger partial charge is 0.462 e. The molecule has 2 rings (SSSR count). The van der Waals surface area contributed by atoms with Crippen LogP contribution >= 0.6 is 0 Å². The number of fused-ring (bicyclic) bond motifs is 1. The van der Waals surface area contributed by atoms with Gasteiger partial charge in [-0.25, -0.2) is 0 Å². The Labute approximate surface area is 131 Å². The molecule has 0 aromatic heterocycles. The summed E-state index contributed by atoms with van der Waals surface area (Å²) in [5.41, 5.74) is -2.04. The van der Waals surface area contributed by atoms with Crippen LogP contribution in [-0.2, 0) is 19.1 Å². The van der Waals surface area contributed by atoms with Gasteiger partial charge in [-0.2, -0.15) is 0 Å². The van der Waals surface area contributed by atoms with Crippen LogP contribution in [0.4, 0.5) is 0 Å². The van der Waals surface area contributed by atoms with Crippen molar-refractivity contribution in [2.45, 2.75) is 52.7 Å². The normalized spacial score (nSPS) is 29.5. The molecule has 4 nitrogen and oxygen atoms in total. The van der Waals surface area contributed by atoms with E-state index >= 15 is 0 Å². The third-order valence-corrected chi connectivity index (χ3v) is 4.13. The molecule has 2 aliphatic carbocycles. The molecule has 0 fully saturated rings. The van der Waals surface area contributed by atoms with E-state index < -0.39 is 10.8 Å². The Balaban J connectivity index is 2.48. The van der Waals surface area contributed by atoms with Crippen molar-refractivity contribution >= 4 is 11.9 Å². The van der Waals surface area contributed by atoms with Gasteiger partial charge < -0.3 is 9.47 Å². The first-order valence-electron chi connectivity index (χ1n) is 7.78. The molecular formula is C18H24O4. The molecule has 0 radical (unpaired) electrons. The van der Waals surface area contributed by atoms with Crippen LogP contribution in [0.25, 0.3) is 0 Å². The second-order valence-corrected chi connectivity index (χ2v) is 6.45. The molecule has 4 heteroatoms. The highest BCUT2D eigenvalue weighted by atomic mass is 16.6. The number of allylic oxidation sites excluding steroid dienone is 4. The molecule has 0 heterocycles. The second kappa shape index (κ2) is 6.11. The Kier molecular flexibility index (Phi) is 4.59. The predicted octanol–water partition coefficient (Wildman–Crippen LogP) is 3.34. The van der Waals surface area contributed by atoms with Gasteiger partial charge in [-0.05, 0) is 40.5 Å². The average molecular weight is 304 g/mol. The van der Waals surface area contributed by atoms with Crippen molar-refractivity contribution in [2.75, 3.05) is 0 Å². The van der Waals surface area contributed by atoms with Crippen molar-refractivity contribution in [3.63, 3.8) is 0 Å². The van der Waals surface area contributed by atoms with Gasteiger partial charge in [0, 0.05) is 0 Å². The van der Waals surface area contributed by atoms with Gasteiger partial charge in [0.05, 0.1) is 12.2 Å². The van der Waals surface area contributed by atoms with Gasteiger partial charge in [-0.3, -0.25) is 9.59 Å². The first kappa shape index (κ1) is 16.5. The van der Waals surface area contributed by atoms with Crippen molar-refractivity contribution in [1.82, 2.24) is 0 Å². The topological polar surface area (TPSA) is 52.6 Å². The fourth-order valence-corrected chi connectivity index (χ4v) is 3.08. The molecule has 2 atom stereocenters. The summed E-state index contributed by atoms with van der Waals surface area (Å²) in [6.07, 6.45) is 11.5. The Bertz CT molecular complexity index is 493. The van der Waals surface area contributed by atoms with Gasteiger partial charge in [-0.1, -0.05) is 36.5 Å². The van der Waals surface area contributed by atoms with Crippen molar-refractivity contribution < 1.29 is 19.1 Å². The van der Waals surface area contributed by atoms with E-state index in [1.54, 1.807) is 12.2 Å². The summed E-state index contributed by atoms with van der Waals surface area (Å²) < 4.78 is 10.9. The maximum absolute atomic E-state index is 12.8. The number of carbonyl (C=O) groups is 2. The van der Waals surface area contributed by atoms with Gasteiger partial charge in [0.1, 0.15) is 10.8 Å². The molecule has 22 heavy (non-hydrogen) atoms. The molecule has 0 N–H and O–H groups in total. The molecule has 120 valence electrons. The van der Waals surface area contributed by atoms with Crippen LogP contribution in [0, 0.1) is 10.8 Å². The zero-order valence-electron chi connectivity index (χ0n) is 13.7. The zero-order chi connectivity index (χ0) is 16.4. The van der Waals surface area contributed by atoms with Crippen LogP contribution in [-0.4, -0.2) is 24.1 Å². The van der Waals surface area contributed by atoms with Crippen LogP contribution < -0.4 is 0 Å². The van der Waals surface area contributed by atoms with E-state index in [1.807, 2.05) is 52.0 Å². The molecule has 0 saturated heterocycles.